The van der Waals surface area contributed by atoms with Gasteiger partial charge in [0.05, 0.1) is 23.1 Å². The number of hydrogen-bond donors (Lipinski definition) is 2. The fourth-order valence-corrected chi connectivity index (χ4v) is 4.71. The van der Waals surface area contributed by atoms with Gasteiger partial charge in [0.2, 0.25) is 0 Å². The number of carbonyl (C=O) groups is 2. The molecule has 43 heavy (non-hydrogen) atoms. The molecule has 6 aromatic rings. The molecular weight excluding hydrogens is 557 g/mol. The van der Waals surface area contributed by atoms with Crippen LogP contribution >= 0.6 is 0 Å². The Morgan fingerprint density at radius 3 is 2.33 bits per heavy atom. The summed E-state index contributed by atoms with van der Waals surface area (Å²) in [6.07, 6.45) is 1.71. The summed E-state index contributed by atoms with van der Waals surface area (Å²) in [4.78, 5) is 34.3. The minimum atomic E-state index is -4.65. The number of halogens is 3. The van der Waals surface area contributed by atoms with E-state index >= 15 is 0 Å². The molecule has 3 aromatic heterocycles. The quantitative estimate of drug-likeness (QED) is 0.221. The molecule has 0 spiro atoms. The molecule has 0 bridgehead atoms. The molecule has 0 radical (unpaired) electrons. The van der Waals surface area contributed by atoms with Gasteiger partial charge in [-0.1, -0.05) is 24.3 Å². The summed E-state index contributed by atoms with van der Waals surface area (Å²) >= 11 is 0. The van der Waals surface area contributed by atoms with Crippen molar-refractivity contribution in [2.45, 2.75) is 13.1 Å². The van der Waals surface area contributed by atoms with Gasteiger partial charge in [0.15, 0.2) is 0 Å². The molecule has 2 N–H and O–H groups in total. The minimum Gasteiger partial charge on any atom is -0.322 e. The van der Waals surface area contributed by atoms with Crippen LogP contribution in [0.2, 0.25) is 0 Å². The topological polar surface area (TPSA) is 93.8 Å². The zero-order valence-corrected chi connectivity index (χ0v) is 22.6. The Hall–Kier alpha value is -5.71. The molecule has 0 unspecified atom stereocenters. The van der Waals surface area contributed by atoms with E-state index in [-0.39, 0.29) is 17.2 Å². The number of aromatic nitrogens is 4. The minimum absolute atomic E-state index is 0.155. The molecule has 214 valence electrons. The smallest absolute Gasteiger partial charge is 0.322 e. The molecule has 3 heterocycles. The number of hydrogen-bond acceptors (Lipinski definition) is 4. The van der Waals surface area contributed by atoms with Crippen LogP contribution in [0.15, 0.2) is 110 Å². The van der Waals surface area contributed by atoms with Gasteiger partial charge in [-0.15, -0.1) is 0 Å². The van der Waals surface area contributed by atoms with Gasteiger partial charge in [0.1, 0.15) is 5.82 Å². The first-order valence-corrected chi connectivity index (χ1v) is 13.1. The van der Waals surface area contributed by atoms with E-state index in [4.69, 9.17) is 0 Å². The Balaban J connectivity index is 1.28. The van der Waals surface area contributed by atoms with Crippen LogP contribution in [-0.2, 0) is 6.18 Å². The zero-order valence-electron chi connectivity index (χ0n) is 22.6. The number of carbonyl (C=O) groups excluding carboxylic acids is 2. The molecule has 2 amide bonds. The molecule has 0 atom stereocenters. The van der Waals surface area contributed by atoms with Gasteiger partial charge in [-0.3, -0.25) is 9.59 Å². The summed E-state index contributed by atoms with van der Waals surface area (Å²) in [5, 5.41) is 6.26. The number of amides is 2. The predicted octanol–water partition coefficient (Wildman–Crippen LogP) is 7.04. The lowest BCUT2D eigenvalue weighted by Gasteiger charge is -2.14. The van der Waals surface area contributed by atoms with Crippen LogP contribution in [0.1, 0.15) is 32.0 Å². The Kier molecular flexibility index (Phi) is 6.98. The molecule has 0 aliphatic heterocycles. The van der Waals surface area contributed by atoms with Crippen molar-refractivity contribution in [1.29, 1.82) is 0 Å². The zero-order chi connectivity index (χ0) is 30.1. The molecule has 11 heteroatoms. The summed E-state index contributed by atoms with van der Waals surface area (Å²) in [6.45, 7) is 1.72. The Morgan fingerprint density at radius 1 is 0.791 bits per heavy atom. The lowest BCUT2D eigenvalue weighted by Crippen LogP contribution is -2.15. The third-order valence-corrected chi connectivity index (χ3v) is 6.78. The normalized spacial score (nSPS) is 11.4. The molecule has 0 saturated heterocycles. The lowest BCUT2D eigenvalue weighted by molar-refractivity contribution is -0.137. The number of anilines is 2. The van der Waals surface area contributed by atoms with Crippen LogP contribution in [0, 0.1) is 6.92 Å². The van der Waals surface area contributed by atoms with E-state index in [1.807, 2.05) is 22.8 Å². The Morgan fingerprint density at radius 2 is 1.58 bits per heavy atom. The number of rotatable bonds is 6. The van der Waals surface area contributed by atoms with Crippen molar-refractivity contribution in [2.24, 2.45) is 0 Å². The van der Waals surface area contributed by atoms with Crippen LogP contribution in [0.4, 0.5) is 24.7 Å². The van der Waals surface area contributed by atoms with E-state index < -0.39 is 17.6 Å². The second-order valence-corrected chi connectivity index (χ2v) is 9.79. The van der Waals surface area contributed by atoms with Crippen LogP contribution in [0.25, 0.3) is 22.3 Å². The molecule has 0 saturated carbocycles. The molecule has 3 aromatic carbocycles. The molecule has 6 rings (SSSR count). The highest BCUT2D eigenvalue weighted by Crippen LogP contribution is 2.32. The van der Waals surface area contributed by atoms with Crippen LogP contribution in [-0.4, -0.2) is 30.9 Å². The number of fused-ring (bicyclic) bond motifs is 1. The number of benzene rings is 3. The monoisotopic (exact) mass is 580 g/mol. The van der Waals surface area contributed by atoms with Gasteiger partial charge in [-0.2, -0.15) is 13.2 Å². The first kappa shape index (κ1) is 27.5. The van der Waals surface area contributed by atoms with Gasteiger partial charge in [-0.05, 0) is 67.6 Å². The standard InChI is InChI=1S/C32H23F3N6O2/c1-20-18-40(19-37-20)26-15-22(14-23(16-26)32(33,34)35)31(43)38-24-8-5-9-25(17-24)41-13-11-27-28(41)10-12-36-29(27)39-30(42)21-6-3-2-4-7-21/h2-19H,1H3,(H,38,43)(H,36,39,42). The Bertz CT molecular complexity index is 1980. The van der Waals surface area contributed by atoms with E-state index in [1.165, 1.54) is 17.0 Å². The third kappa shape index (κ3) is 5.73. The lowest BCUT2D eigenvalue weighted by atomic mass is 10.1. The van der Waals surface area contributed by atoms with Crippen LogP contribution in [0.3, 0.4) is 0 Å². The van der Waals surface area contributed by atoms with Crippen molar-refractivity contribution in [1.82, 2.24) is 19.1 Å². The van der Waals surface area contributed by atoms with Crippen molar-refractivity contribution >= 4 is 34.2 Å². The summed E-state index contributed by atoms with van der Waals surface area (Å²) in [5.74, 6) is -0.601. The Labute approximate surface area is 243 Å². The van der Waals surface area contributed by atoms with Crippen molar-refractivity contribution in [3.8, 4) is 11.4 Å². The van der Waals surface area contributed by atoms with Gasteiger partial charge in [-0.25, -0.2) is 9.97 Å². The summed E-state index contributed by atoms with van der Waals surface area (Å²) < 4.78 is 44.4. The molecule has 0 fully saturated rings. The highest BCUT2D eigenvalue weighted by atomic mass is 19.4. The van der Waals surface area contributed by atoms with Gasteiger partial charge >= 0.3 is 6.18 Å². The van der Waals surface area contributed by atoms with Gasteiger partial charge in [0.25, 0.3) is 11.8 Å². The van der Waals surface area contributed by atoms with Crippen LogP contribution < -0.4 is 10.6 Å². The maximum atomic E-state index is 13.7. The second kappa shape index (κ2) is 10.9. The average Bonchev–Trinajstić information content (AvgIpc) is 3.64. The number of pyridine rings is 1. The maximum Gasteiger partial charge on any atom is 0.416 e. The fourth-order valence-electron chi connectivity index (χ4n) is 4.71. The largest absolute Gasteiger partial charge is 0.416 e. The number of aryl methyl sites for hydroxylation is 1. The third-order valence-electron chi connectivity index (χ3n) is 6.78. The van der Waals surface area contributed by atoms with Crippen LogP contribution in [0.5, 0.6) is 0 Å². The highest BCUT2D eigenvalue weighted by molar-refractivity contribution is 6.08. The maximum absolute atomic E-state index is 13.7. The van der Waals surface area contributed by atoms with E-state index in [1.54, 1.807) is 74.0 Å². The summed E-state index contributed by atoms with van der Waals surface area (Å²) in [6, 6.07) is 22.5. The SMILES string of the molecule is Cc1cn(-c2cc(C(=O)Nc3cccc(-n4ccc5c(NC(=O)c6ccccc6)nccc54)c3)cc(C(F)(F)F)c2)cn1. The fraction of sp³-hybridized carbons (Fsp3) is 0.0625. The second-order valence-electron chi connectivity index (χ2n) is 9.79. The van der Waals surface area contributed by atoms with Crippen molar-refractivity contribution < 1.29 is 22.8 Å². The molecule has 0 aliphatic carbocycles. The van der Waals surface area contributed by atoms with E-state index in [0.717, 1.165) is 17.6 Å². The van der Waals surface area contributed by atoms with Gasteiger partial charge in [0, 0.05) is 52.2 Å². The summed E-state index contributed by atoms with van der Waals surface area (Å²) in [5.41, 5.74) is 2.00. The molecule has 0 aliphatic rings. The molecular formula is C32H23F3N6O2. The number of alkyl halides is 3. The van der Waals surface area contributed by atoms with E-state index in [2.05, 4.69) is 20.6 Å². The van der Waals surface area contributed by atoms with Crippen molar-refractivity contribution in [3.05, 3.63) is 132 Å². The highest BCUT2D eigenvalue weighted by Gasteiger charge is 2.32. The first-order valence-electron chi connectivity index (χ1n) is 13.1. The molecule has 8 nitrogen and oxygen atoms in total. The van der Waals surface area contributed by atoms with Crippen molar-refractivity contribution in [3.63, 3.8) is 0 Å². The number of imidazole rings is 1. The number of nitrogens with zero attached hydrogens (tertiary/aromatic N) is 4. The first-order chi connectivity index (χ1) is 20.7. The average molecular weight is 581 g/mol. The van der Waals surface area contributed by atoms with Crippen molar-refractivity contribution in [2.75, 3.05) is 10.6 Å². The van der Waals surface area contributed by atoms with E-state index in [9.17, 15) is 22.8 Å². The number of nitrogens with one attached hydrogen (secondary N) is 2. The van der Waals surface area contributed by atoms with E-state index in [0.29, 0.717) is 33.8 Å². The summed E-state index contributed by atoms with van der Waals surface area (Å²) in [7, 11) is 0. The predicted molar refractivity (Wildman–Crippen MR) is 157 cm³/mol. The van der Waals surface area contributed by atoms with Gasteiger partial charge < -0.3 is 19.8 Å².